The van der Waals surface area contributed by atoms with Gasteiger partial charge in [0.15, 0.2) is 5.76 Å². The summed E-state index contributed by atoms with van der Waals surface area (Å²) in [5.41, 5.74) is 3.01. The quantitative estimate of drug-likeness (QED) is 0.303. The van der Waals surface area contributed by atoms with Gasteiger partial charge in [-0.05, 0) is 48.0 Å². The van der Waals surface area contributed by atoms with Crippen LogP contribution < -0.4 is 5.56 Å². The summed E-state index contributed by atoms with van der Waals surface area (Å²) >= 11 is 6.40. The number of hydrazone groups is 1. The molecule has 1 aliphatic heterocycles. The Kier molecular flexibility index (Phi) is 5.34. The number of aromatic nitrogens is 1. The van der Waals surface area contributed by atoms with E-state index in [0.29, 0.717) is 28.5 Å². The number of pyridine rings is 1. The molecule has 178 valence electrons. The van der Waals surface area contributed by atoms with Gasteiger partial charge in [-0.25, -0.2) is 5.01 Å². The summed E-state index contributed by atoms with van der Waals surface area (Å²) in [5.74, 6) is 0.298. The van der Waals surface area contributed by atoms with E-state index in [-0.39, 0.29) is 11.3 Å². The maximum atomic E-state index is 13.9. The molecule has 5 aromatic rings. The lowest BCUT2D eigenvalue weighted by Crippen LogP contribution is -2.26. The lowest BCUT2D eigenvalue weighted by Gasteiger charge is -2.18. The third-order valence-corrected chi connectivity index (χ3v) is 6.67. The second kappa shape index (κ2) is 8.70. The van der Waals surface area contributed by atoms with Crippen molar-refractivity contribution < 1.29 is 13.6 Å². The standard InChI is InChI=1S/C28H20ClN3O4/c1-31-21-12-11-18(29)15-19(21)25(17-7-3-2-4-8-17)26(28(31)34)20-16-22(23-9-5-13-35-23)32(30-20)27(33)24-10-6-14-36-24/h2-15,22H,16H2,1H3/t22-/m0/s1. The first kappa shape index (κ1) is 22.1. The van der Waals surface area contributed by atoms with E-state index in [1.54, 1.807) is 48.2 Å². The zero-order valence-electron chi connectivity index (χ0n) is 19.2. The number of nitrogens with zero attached hydrogens (tertiary/aromatic N) is 3. The first-order chi connectivity index (χ1) is 17.5. The van der Waals surface area contributed by atoms with Crippen molar-refractivity contribution in [2.24, 2.45) is 12.1 Å². The lowest BCUT2D eigenvalue weighted by molar-refractivity contribution is 0.0660. The average Bonchev–Trinajstić information content (AvgIpc) is 3.67. The van der Waals surface area contributed by atoms with Crippen molar-refractivity contribution in [1.82, 2.24) is 9.58 Å². The first-order valence-electron chi connectivity index (χ1n) is 11.4. The zero-order chi connectivity index (χ0) is 24.8. The number of rotatable bonds is 4. The maximum Gasteiger partial charge on any atom is 0.310 e. The van der Waals surface area contributed by atoms with Crippen LogP contribution >= 0.6 is 11.6 Å². The molecule has 1 aliphatic rings. The molecule has 0 spiro atoms. The summed E-state index contributed by atoms with van der Waals surface area (Å²) in [5, 5.41) is 7.41. The van der Waals surface area contributed by atoms with Crippen molar-refractivity contribution in [3.05, 3.63) is 118 Å². The molecule has 6 rings (SSSR count). The first-order valence-corrected chi connectivity index (χ1v) is 11.8. The predicted molar refractivity (Wildman–Crippen MR) is 137 cm³/mol. The molecule has 0 saturated heterocycles. The summed E-state index contributed by atoms with van der Waals surface area (Å²) in [7, 11) is 1.72. The van der Waals surface area contributed by atoms with Crippen LogP contribution in [-0.2, 0) is 7.05 Å². The summed E-state index contributed by atoms with van der Waals surface area (Å²) < 4.78 is 12.6. The van der Waals surface area contributed by atoms with Crippen LogP contribution in [-0.4, -0.2) is 21.2 Å². The Morgan fingerprint density at radius 1 is 0.972 bits per heavy atom. The highest BCUT2D eigenvalue weighted by Crippen LogP contribution is 2.38. The number of halogens is 1. The molecule has 0 radical (unpaired) electrons. The van der Waals surface area contributed by atoms with Crippen LogP contribution in [0.2, 0.25) is 5.02 Å². The summed E-state index contributed by atoms with van der Waals surface area (Å²) in [6, 6.07) is 21.4. The third kappa shape index (κ3) is 3.56. The molecule has 36 heavy (non-hydrogen) atoms. The van der Waals surface area contributed by atoms with Crippen molar-refractivity contribution in [2.45, 2.75) is 12.5 Å². The second-order valence-electron chi connectivity index (χ2n) is 8.55. The largest absolute Gasteiger partial charge is 0.467 e. The topological polar surface area (TPSA) is 81.0 Å². The number of carbonyl (C=O) groups excluding carboxylic acids is 1. The Labute approximate surface area is 210 Å². The van der Waals surface area contributed by atoms with Gasteiger partial charge in [0.25, 0.3) is 5.56 Å². The van der Waals surface area contributed by atoms with Crippen molar-refractivity contribution in [3.8, 4) is 11.1 Å². The number of amides is 1. The van der Waals surface area contributed by atoms with Crippen LogP contribution in [0, 0.1) is 0 Å². The van der Waals surface area contributed by atoms with Gasteiger partial charge in [0.05, 0.1) is 29.3 Å². The van der Waals surface area contributed by atoms with Crippen LogP contribution in [0.5, 0.6) is 0 Å². The fourth-order valence-corrected chi connectivity index (χ4v) is 4.93. The minimum Gasteiger partial charge on any atom is -0.467 e. The summed E-state index contributed by atoms with van der Waals surface area (Å²) in [6.07, 6.45) is 3.28. The third-order valence-electron chi connectivity index (χ3n) is 6.43. The van der Waals surface area contributed by atoms with Crippen molar-refractivity contribution in [1.29, 1.82) is 0 Å². The molecule has 7 nitrogen and oxygen atoms in total. The van der Waals surface area contributed by atoms with Gasteiger partial charge in [0.1, 0.15) is 11.8 Å². The fraction of sp³-hybridized carbons (Fsp3) is 0.107. The highest BCUT2D eigenvalue weighted by molar-refractivity contribution is 6.31. The smallest absolute Gasteiger partial charge is 0.310 e. The minimum absolute atomic E-state index is 0.151. The summed E-state index contributed by atoms with van der Waals surface area (Å²) in [4.78, 5) is 27.2. The number of benzene rings is 2. The highest BCUT2D eigenvalue weighted by atomic mass is 35.5. The van der Waals surface area contributed by atoms with E-state index >= 15 is 0 Å². The van der Waals surface area contributed by atoms with E-state index in [4.69, 9.17) is 25.5 Å². The lowest BCUT2D eigenvalue weighted by atomic mass is 9.91. The molecular formula is C28H20ClN3O4. The van der Waals surface area contributed by atoms with Gasteiger partial charge in [-0.1, -0.05) is 41.9 Å². The molecular weight excluding hydrogens is 478 g/mol. The molecule has 1 atom stereocenters. The van der Waals surface area contributed by atoms with E-state index in [9.17, 15) is 9.59 Å². The average molecular weight is 498 g/mol. The molecule has 3 aromatic heterocycles. The van der Waals surface area contributed by atoms with E-state index in [0.717, 1.165) is 22.0 Å². The number of furan rings is 2. The van der Waals surface area contributed by atoms with Crippen molar-refractivity contribution in [3.63, 3.8) is 0 Å². The molecule has 0 aliphatic carbocycles. The molecule has 0 N–H and O–H groups in total. The minimum atomic E-state index is -0.531. The Bertz CT molecular complexity index is 1670. The molecule has 0 saturated carbocycles. The van der Waals surface area contributed by atoms with Crippen LogP contribution in [0.3, 0.4) is 0 Å². The van der Waals surface area contributed by atoms with Crippen molar-refractivity contribution in [2.75, 3.05) is 0 Å². The van der Waals surface area contributed by atoms with E-state index in [2.05, 4.69) is 0 Å². The van der Waals surface area contributed by atoms with E-state index < -0.39 is 11.9 Å². The van der Waals surface area contributed by atoms with Crippen LogP contribution in [0.25, 0.3) is 22.0 Å². The van der Waals surface area contributed by atoms with Gasteiger partial charge in [-0.3, -0.25) is 9.59 Å². The van der Waals surface area contributed by atoms with Crippen molar-refractivity contribution >= 4 is 34.1 Å². The molecule has 2 aromatic carbocycles. The molecule has 8 heteroatoms. The Hall–Kier alpha value is -4.36. The SMILES string of the molecule is Cn1c(=O)c(C2=NN(C(=O)c3ccco3)[C@H](c3ccco3)C2)c(-c2ccccc2)c2cc(Cl)ccc21. The number of carbonyl (C=O) groups is 1. The molecule has 4 heterocycles. The van der Waals surface area contributed by atoms with E-state index in [1.165, 1.54) is 11.3 Å². The normalized spacial score (nSPS) is 15.4. The number of hydrogen-bond acceptors (Lipinski definition) is 5. The van der Waals surface area contributed by atoms with Gasteiger partial charge in [-0.15, -0.1) is 0 Å². The number of hydrogen-bond donors (Lipinski definition) is 0. The molecule has 0 bridgehead atoms. The molecule has 1 amide bonds. The monoisotopic (exact) mass is 497 g/mol. The van der Waals surface area contributed by atoms with Crippen LogP contribution in [0.1, 0.15) is 34.3 Å². The Morgan fingerprint density at radius 3 is 2.47 bits per heavy atom. The zero-order valence-corrected chi connectivity index (χ0v) is 20.0. The Balaban J connectivity index is 1.61. The number of aryl methyl sites for hydroxylation is 1. The van der Waals surface area contributed by atoms with Gasteiger partial charge in [0, 0.05) is 29.4 Å². The van der Waals surface area contributed by atoms with Gasteiger partial charge < -0.3 is 13.4 Å². The van der Waals surface area contributed by atoms with Gasteiger partial charge in [-0.2, -0.15) is 5.10 Å². The molecule has 0 unspecified atom stereocenters. The molecule has 0 fully saturated rings. The highest BCUT2D eigenvalue weighted by Gasteiger charge is 2.38. The van der Waals surface area contributed by atoms with Crippen LogP contribution in [0.15, 0.2) is 104 Å². The van der Waals surface area contributed by atoms with Gasteiger partial charge >= 0.3 is 5.91 Å². The van der Waals surface area contributed by atoms with Crippen LogP contribution in [0.4, 0.5) is 0 Å². The fourth-order valence-electron chi connectivity index (χ4n) is 4.76. The van der Waals surface area contributed by atoms with Gasteiger partial charge in [0.2, 0.25) is 0 Å². The maximum absolute atomic E-state index is 13.9. The second-order valence-corrected chi connectivity index (χ2v) is 8.99. The number of fused-ring (bicyclic) bond motifs is 1. The summed E-state index contributed by atoms with van der Waals surface area (Å²) in [6.45, 7) is 0. The van der Waals surface area contributed by atoms with E-state index in [1.807, 2.05) is 42.5 Å². The predicted octanol–water partition coefficient (Wildman–Crippen LogP) is 6.04. The Morgan fingerprint density at radius 2 is 1.75 bits per heavy atom.